The van der Waals surface area contributed by atoms with Gasteiger partial charge < -0.3 is 0 Å². The van der Waals surface area contributed by atoms with Crippen molar-refractivity contribution in [3.8, 4) is 6.07 Å². The highest BCUT2D eigenvalue weighted by Gasteiger charge is 1.80. The van der Waals surface area contributed by atoms with Gasteiger partial charge in [0.2, 0.25) is 0 Å². The van der Waals surface area contributed by atoms with Crippen LogP contribution in [0.1, 0.15) is 5.56 Å². The third-order valence-electron chi connectivity index (χ3n) is 0.809. The minimum absolute atomic E-state index is 0.653. The molecule has 1 aromatic heterocycles. The van der Waals surface area contributed by atoms with Crippen LogP contribution in [0.15, 0.2) is 24.5 Å². The lowest BCUT2D eigenvalue weighted by atomic mass is 10.4. The van der Waals surface area contributed by atoms with E-state index in [1.807, 2.05) is 6.07 Å². The molecule has 0 aliphatic rings. The van der Waals surface area contributed by atoms with Gasteiger partial charge in [0.15, 0.2) is 0 Å². The fourth-order valence-corrected chi connectivity index (χ4v) is 0.426. The molecule has 0 saturated heterocycles. The number of nitriles is 1. The van der Waals surface area contributed by atoms with Crippen molar-refractivity contribution in [1.29, 1.82) is 5.26 Å². The van der Waals surface area contributed by atoms with E-state index < -0.39 is 0 Å². The van der Waals surface area contributed by atoms with E-state index in [9.17, 15) is 0 Å². The van der Waals surface area contributed by atoms with Crippen molar-refractivity contribution in [3.63, 3.8) is 0 Å². The number of pyridine rings is 1. The fraction of sp³-hybridized carbons (Fsp3) is 0. The van der Waals surface area contributed by atoms with E-state index in [-0.39, 0.29) is 0 Å². The Kier molecular flexibility index (Phi) is 1.25. The summed E-state index contributed by atoms with van der Waals surface area (Å²) in [5.41, 5.74) is 0.653. The van der Waals surface area contributed by atoms with E-state index in [4.69, 9.17) is 5.26 Å². The molecule has 0 saturated carbocycles. The molecule has 0 fully saturated rings. The van der Waals surface area contributed by atoms with Gasteiger partial charge in [-0.15, -0.1) is 0 Å². The fourth-order valence-electron chi connectivity index (χ4n) is 0.426. The molecular formula is C6H4N2. The Bertz CT molecular complexity index is 198. The Morgan fingerprint density at radius 1 is 1.38 bits per heavy atom. The summed E-state index contributed by atoms with van der Waals surface area (Å²) in [5, 5.41) is 8.26. The van der Waals surface area contributed by atoms with Crippen LogP contribution < -0.4 is 0 Å². The van der Waals surface area contributed by atoms with E-state index in [0.717, 1.165) is 0 Å². The van der Waals surface area contributed by atoms with Crippen molar-refractivity contribution in [3.05, 3.63) is 30.1 Å². The minimum atomic E-state index is 0.653. The number of hydrogen-bond acceptors (Lipinski definition) is 2. The Hall–Kier alpha value is -1.36. The normalized spacial score (nSPS) is 7.88. The predicted molar refractivity (Wildman–Crippen MR) is 29.0 cm³/mol. The molecular weight excluding hydrogens is 101 g/mol. The third kappa shape index (κ3) is 0.824. The number of rotatable bonds is 0. The SMILES string of the molecule is N#[13C]c1ccncc1. The molecule has 0 bridgehead atoms. The van der Waals surface area contributed by atoms with Gasteiger partial charge in [0.05, 0.1) is 11.6 Å². The van der Waals surface area contributed by atoms with Crippen molar-refractivity contribution in [2.24, 2.45) is 0 Å². The second-order valence-corrected chi connectivity index (χ2v) is 1.35. The monoisotopic (exact) mass is 105 g/mol. The molecule has 0 amide bonds. The molecule has 0 aliphatic carbocycles. The highest BCUT2D eigenvalue weighted by Crippen LogP contribution is 1.89. The van der Waals surface area contributed by atoms with E-state index in [1.165, 1.54) is 0 Å². The molecule has 1 heterocycles. The van der Waals surface area contributed by atoms with E-state index in [1.54, 1.807) is 24.5 Å². The molecule has 0 spiro atoms. The maximum Gasteiger partial charge on any atom is 0.0992 e. The number of hydrogen-bond donors (Lipinski definition) is 0. The van der Waals surface area contributed by atoms with Crippen LogP contribution in [-0.2, 0) is 0 Å². The summed E-state index contributed by atoms with van der Waals surface area (Å²) in [6, 6.07) is 5.32. The van der Waals surface area contributed by atoms with Gasteiger partial charge in [0.25, 0.3) is 0 Å². The standard InChI is InChI=1S/C6H4N2/c7-5-6-1-3-8-4-2-6/h1-4H/i5+1. The van der Waals surface area contributed by atoms with Crippen molar-refractivity contribution >= 4 is 0 Å². The highest BCUT2D eigenvalue weighted by molar-refractivity contribution is 5.24. The Morgan fingerprint density at radius 3 is 2.38 bits per heavy atom. The van der Waals surface area contributed by atoms with Crippen LogP contribution >= 0.6 is 0 Å². The zero-order valence-electron chi connectivity index (χ0n) is 4.20. The van der Waals surface area contributed by atoms with Gasteiger partial charge in [-0.05, 0) is 12.1 Å². The first-order chi connectivity index (χ1) is 3.93. The molecule has 0 radical (unpaired) electrons. The molecule has 0 aliphatic heterocycles. The van der Waals surface area contributed by atoms with Gasteiger partial charge in [-0.25, -0.2) is 0 Å². The maximum atomic E-state index is 8.26. The zero-order chi connectivity index (χ0) is 5.82. The topological polar surface area (TPSA) is 36.7 Å². The summed E-state index contributed by atoms with van der Waals surface area (Å²) in [4.78, 5) is 3.74. The molecule has 0 atom stereocenters. The molecule has 38 valence electrons. The van der Waals surface area contributed by atoms with Gasteiger partial charge >= 0.3 is 0 Å². The second-order valence-electron chi connectivity index (χ2n) is 1.35. The molecule has 2 nitrogen and oxygen atoms in total. The summed E-state index contributed by atoms with van der Waals surface area (Å²) < 4.78 is 0. The van der Waals surface area contributed by atoms with E-state index in [0.29, 0.717) is 5.56 Å². The number of aromatic nitrogens is 1. The summed E-state index contributed by atoms with van der Waals surface area (Å²) in [6.07, 6.45) is 3.19. The summed E-state index contributed by atoms with van der Waals surface area (Å²) in [5.74, 6) is 0. The van der Waals surface area contributed by atoms with Crippen LogP contribution in [0.3, 0.4) is 0 Å². The first-order valence-electron chi connectivity index (χ1n) is 2.23. The van der Waals surface area contributed by atoms with Crippen molar-refractivity contribution in [2.45, 2.75) is 0 Å². The first-order valence-corrected chi connectivity index (χ1v) is 2.23. The summed E-state index contributed by atoms with van der Waals surface area (Å²) >= 11 is 0. The minimum Gasteiger partial charge on any atom is -0.265 e. The maximum absolute atomic E-state index is 8.26. The van der Waals surface area contributed by atoms with Crippen molar-refractivity contribution in [1.82, 2.24) is 4.98 Å². The summed E-state index contributed by atoms with van der Waals surface area (Å²) in [7, 11) is 0. The van der Waals surface area contributed by atoms with Crippen LogP contribution in [-0.4, -0.2) is 4.98 Å². The highest BCUT2D eigenvalue weighted by atomic mass is 14.6. The molecule has 1 rings (SSSR count). The lowest BCUT2D eigenvalue weighted by Gasteiger charge is -1.79. The quantitative estimate of drug-likeness (QED) is 0.460. The Morgan fingerprint density at radius 2 is 2.00 bits per heavy atom. The largest absolute Gasteiger partial charge is 0.265 e. The second kappa shape index (κ2) is 2.08. The number of nitrogens with zero attached hydrogens (tertiary/aromatic N) is 2. The van der Waals surface area contributed by atoms with Crippen LogP contribution in [0.25, 0.3) is 0 Å². The average molecular weight is 105 g/mol. The smallest absolute Gasteiger partial charge is 0.0992 e. The van der Waals surface area contributed by atoms with Gasteiger partial charge in [-0.3, -0.25) is 4.98 Å². The Balaban J connectivity index is 3.05. The van der Waals surface area contributed by atoms with Crippen molar-refractivity contribution in [2.75, 3.05) is 0 Å². The lowest BCUT2D eigenvalue weighted by Crippen LogP contribution is -1.71. The molecule has 0 unspecified atom stereocenters. The van der Waals surface area contributed by atoms with E-state index in [2.05, 4.69) is 4.98 Å². The van der Waals surface area contributed by atoms with Crippen LogP contribution in [0.2, 0.25) is 0 Å². The van der Waals surface area contributed by atoms with E-state index >= 15 is 0 Å². The lowest BCUT2D eigenvalue weighted by molar-refractivity contribution is 1.31. The molecule has 0 N–H and O–H groups in total. The molecule has 1 aromatic rings. The van der Waals surface area contributed by atoms with Crippen LogP contribution in [0, 0.1) is 11.3 Å². The van der Waals surface area contributed by atoms with Gasteiger partial charge in [0, 0.05) is 12.4 Å². The third-order valence-corrected chi connectivity index (χ3v) is 0.809. The van der Waals surface area contributed by atoms with Crippen molar-refractivity contribution < 1.29 is 0 Å². The zero-order valence-corrected chi connectivity index (χ0v) is 4.20. The predicted octanol–water partition coefficient (Wildman–Crippen LogP) is 0.953. The summed E-state index contributed by atoms with van der Waals surface area (Å²) in [6.45, 7) is 0. The Labute approximate surface area is 47.4 Å². The molecule has 2 heteroatoms. The molecule has 8 heavy (non-hydrogen) atoms. The van der Waals surface area contributed by atoms with Crippen LogP contribution in [0.4, 0.5) is 0 Å². The van der Waals surface area contributed by atoms with Crippen LogP contribution in [0.5, 0.6) is 0 Å². The average Bonchev–Trinajstić information content (AvgIpc) is 1.90. The van der Waals surface area contributed by atoms with Gasteiger partial charge in [-0.2, -0.15) is 5.26 Å². The van der Waals surface area contributed by atoms with Gasteiger partial charge in [-0.1, -0.05) is 0 Å². The first kappa shape index (κ1) is 4.79. The van der Waals surface area contributed by atoms with Gasteiger partial charge in [0.1, 0.15) is 0 Å². The molecule has 0 aromatic carbocycles.